The minimum Gasteiger partial charge on any atom is -0.302 e. The summed E-state index contributed by atoms with van der Waals surface area (Å²) in [6, 6.07) is 0. The van der Waals surface area contributed by atoms with Gasteiger partial charge < -0.3 is 5.32 Å². The maximum Gasteiger partial charge on any atom is 0.0391 e. The highest BCUT2D eigenvalue weighted by Gasteiger charge is 2.62. The minimum absolute atomic E-state index is 0.342. The Labute approximate surface area is 83.3 Å². The van der Waals surface area contributed by atoms with E-state index in [2.05, 4.69) is 53.8 Å². The van der Waals surface area contributed by atoms with E-state index in [1.54, 1.807) is 0 Å². The first-order chi connectivity index (χ1) is 5.61. The van der Waals surface area contributed by atoms with E-state index in [1.807, 2.05) is 0 Å². The van der Waals surface area contributed by atoms with Crippen LogP contribution in [0.5, 0.6) is 0 Å². The van der Waals surface area contributed by atoms with E-state index in [4.69, 9.17) is 0 Å². The first kappa shape index (κ1) is 11.0. The molecule has 1 aliphatic heterocycles. The average Bonchev–Trinajstić information content (AvgIpc) is 2.30. The molecule has 0 aromatic carbocycles. The van der Waals surface area contributed by atoms with Crippen molar-refractivity contribution in [1.82, 2.24) is 5.32 Å². The summed E-state index contributed by atoms with van der Waals surface area (Å²) in [6.07, 6.45) is 1.27. The van der Waals surface area contributed by atoms with Gasteiger partial charge in [-0.3, -0.25) is 0 Å². The zero-order valence-electron chi connectivity index (χ0n) is 10.3. The number of rotatable bonds is 2. The van der Waals surface area contributed by atoms with Crippen molar-refractivity contribution in [3.8, 4) is 0 Å². The largest absolute Gasteiger partial charge is 0.302 e. The van der Waals surface area contributed by atoms with Gasteiger partial charge in [0.25, 0.3) is 0 Å². The van der Waals surface area contributed by atoms with E-state index in [1.165, 1.54) is 6.42 Å². The third kappa shape index (κ3) is 1.90. The summed E-state index contributed by atoms with van der Waals surface area (Å²) < 4.78 is 0. The van der Waals surface area contributed by atoms with E-state index in [-0.39, 0.29) is 0 Å². The summed E-state index contributed by atoms with van der Waals surface area (Å²) in [5.74, 6) is 0.724. The van der Waals surface area contributed by atoms with Gasteiger partial charge >= 0.3 is 0 Å². The van der Waals surface area contributed by atoms with Gasteiger partial charge in [-0.25, -0.2) is 0 Å². The number of hydrogen-bond acceptors (Lipinski definition) is 1. The highest BCUT2D eigenvalue weighted by molar-refractivity contribution is 5.24. The lowest BCUT2D eigenvalue weighted by Crippen LogP contribution is -2.33. The smallest absolute Gasteiger partial charge is 0.0391 e. The first-order valence-corrected chi connectivity index (χ1v) is 5.40. The highest BCUT2D eigenvalue weighted by atomic mass is 15.3. The minimum atomic E-state index is 0.342. The van der Waals surface area contributed by atoms with E-state index in [0.29, 0.717) is 16.5 Å². The second-order valence-electron chi connectivity index (χ2n) is 6.61. The van der Waals surface area contributed by atoms with Crippen molar-refractivity contribution < 1.29 is 0 Å². The lowest BCUT2D eigenvalue weighted by atomic mass is 9.74. The third-order valence-corrected chi connectivity index (χ3v) is 3.38. The van der Waals surface area contributed by atoms with Gasteiger partial charge in [0, 0.05) is 11.1 Å². The van der Waals surface area contributed by atoms with Gasteiger partial charge in [0.05, 0.1) is 0 Å². The molecule has 0 saturated carbocycles. The molecule has 13 heavy (non-hydrogen) atoms. The van der Waals surface area contributed by atoms with Crippen LogP contribution < -0.4 is 5.32 Å². The van der Waals surface area contributed by atoms with E-state index >= 15 is 0 Å². The maximum absolute atomic E-state index is 3.68. The molecule has 1 atom stereocenters. The molecule has 1 fully saturated rings. The molecule has 1 heterocycles. The molecule has 1 aliphatic rings. The second kappa shape index (κ2) is 2.73. The molecule has 0 amide bonds. The zero-order valence-corrected chi connectivity index (χ0v) is 10.3. The Kier molecular flexibility index (Phi) is 2.31. The van der Waals surface area contributed by atoms with Crippen LogP contribution in [0, 0.1) is 11.3 Å². The van der Waals surface area contributed by atoms with Gasteiger partial charge in [0.15, 0.2) is 0 Å². The fraction of sp³-hybridized carbons (Fsp3) is 1.00. The molecule has 1 saturated heterocycles. The topological polar surface area (TPSA) is 21.9 Å². The Morgan fingerprint density at radius 1 is 1.15 bits per heavy atom. The Balaban J connectivity index is 2.75. The molecule has 78 valence electrons. The first-order valence-electron chi connectivity index (χ1n) is 5.40. The molecule has 0 spiro atoms. The summed E-state index contributed by atoms with van der Waals surface area (Å²) in [4.78, 5) is 0. The highest BCUT2D eigenvalue weighted by Crippen LogP contribution is 2.50. The van der Waals surface area contributed by atoms with Crippen LogP contribution in [0.25, 0.3) is 0 Å². The molecule has 0 aromatic heterocycles. The molecule has 1 rings (SSSR count). The Hall–Kier alpha value is -0.0400. The standard InChI is InChI=1S/C12H25N/c1-9(2)12(8-10(3,4)5)11(6,7)13-12/h9,13H,8H2,1-7H3. The SMILES string of the molecule is CC(C)C1(CC(C)(C)C)NC1(C)C. The summed E-state index contributed by atoms with van der Waals surface area (Å²) >= 11 is 0. The van der Waals surface area contributed by atoms with Crippen molar-refractivity contribution in [1.29, 1.82) is 0 Å². The van der Waals surface area contributed by atoms with Crippen LogP contribution in [0.1, 0.15) is 54.9 Å². The van der Waals surface area contributed by atoms with Gasteiger partial charge in [-0.05, 0) is 31.6 Å². The molecule has 0 radical (unpaired) electrons. The van der Waals surface area contributed by atoms with Crippen LogP contribution in [-0.2, 0) is 0 Å². The van der Waals surface area contributed by atoms with Gasteiger partial charge in [-0.1, -0.05) is 34.6 Å². The van der Waals surface area contributed by atoms with Gasteiger partial charge in [0.2, 0.25) is 0 Å². The normalized spacial score (nSPS) is 32.3. The van der Waals surface area contributed by atoms with Gasteiger partial charge in [0.1, 0.15) is 0 Å². The Bertz CT molecular complexity index is 198. The van der Waals surface area contributed by atoms with Crippen LogP contribution in [-0.4, -0.2) is 11.1 Å². The van der Waals surface area contributed by atoms with E-state index < -0.39 is 0 Å². The number of hydrogen-bond donors (Lipinski definition) is 1. The van der Waals surface area contributed by atoms with Crippen molar-refractivity contribution in [3.63, 3.8) is 0 Å². The predicted molar refractivity (Wildman–Crippen MR) is 58.9 cm³/mol. The van der Waals surface area contributed by atoms with Gasteiger partial charge in [-0.2, -0.15) is 0 Å². The quantitative estimate of drug-likeness (QED) is 0.652. The summed E-state index contributed by atoms with van der Waals surface area (Å²) in [5.41, 5.74) is 1.14. The van der Waals surface area contributed by atoms with Crippen LogP contribution in [0.3, 0.4) is 0 Å². The predicted octanol–water partition coefficient (Wildman–Crippen LogP) is 3.20. The fourth-order valence-corrected chi connectivity index (χ4v) is 2.70. The molecule has 1 heteroatoms. The number of nitrogens with one attached hydrogen (secondary N) is 1. The van der Waals surface area contributed by atoms with E-state index in [9.17, 15) is 0 Å². The summed E-state index contributed by atoms with van der Waals surface area (Å²) in [6.45, 7) is 16.3. The van der Waals surface area contributed by atoms with Crippen molar-refractivity contribution in [2.45, 2.75) is 66.0 Å². The van der Waals surface area contributed by atoms with Crippen LogP contribution in [0.4, 0.5) is 0 Å². The van der Waals surface area contributed by atoms with Crippen molar-refractivity contribution in [3.05, 3.63) is 0 Å². The molecule has 0 aliphatic carbocycles. The van der Waals surface area contributed by atoms with E-state index in [0.717, 1.165) is 5.92 Å². The van der Waals surface area contributed by atoms with Crippen LogP contribution in [0.15, 0.2) is 0 Å². The fourth-order valence-electron chi connectivity index (χ4n) is 2.70. The Morgan fingerprint density at radius 2 is 1.54 bits per heavy atom. The van der Waals surface area contributed by atoms with Crippen molar-refractivity contribution >= 4 is 0 Å². The van der Waals surface area contributed by atoms with Gasteiger partial charge in [-0.15, -0.1) is 0 Å². The molecule has 1 N–H and O–H groups in total. The Morgan fingerprint density at radius 3 is 1.62 bits per heavy atom. The van der Waals surface area contributed by atoms with Crippen LogP contribution >= 0.6 is 0 Å². The average molecular weight is 183 g/mol. The second-order valence-corrected chi connectivity index (χ2v) is 6.61. The maximum atomic E-state index is 3.68. The molecule has 0 aromatic rings. The molecule has 0 bridgehead atoms. The molecular weight excluding hydrogens is 158 g/mol. The lowest BCUT2D eigenvalue weighted by molar-refractivity contribution is 0.261. The molecule has 1 unspecified atom stereocenters. The molecular formula is C12H25N. The zero-order chi connectivity index (χ0) is 10.5. The molecule has 1 nitrogen and oxygen atoms in total. The monoisotopic (exact) mass is 183 g/mol. The summed E-state index contributed by atoms with van der Waals surface area (Å²) in [5, 5.41) is 3.68. The van der Waals surface area contributed by atoms with Crippen LogP contribution in [0.2, 0.25) is 0 Å². The summed E-state index contributed by atoms with van der Waals surface area (Å²) in [7, 11) is 0. The van der Waals surface area contributed by atoms with Crippen molar-refractivity contribution in [2.75, 3.05) is 0 Å². The third-order valence-electron chi connectivity index (χ3n) is 3.38. The lowest BCUT2D eigenvalue weighted by Gasteiger charge is -2.30. The van der Waals surface area contributed by atoms with Crippen molar-refractivity contribution in [2.24, 2.45) is 11.3 Å².